The quantitative estimate of drug-likeness (QED) is 0.474. The van der Waals surface area contributed by atoms with Gasteiger partial charge in [-0.15, -0.1) is 10.2 Å². The molecule has 2 aliphatic rings. The molecule has 6 nitrogen and oxygen atoms in total. The lowest BCUT2D eigenvalue weighted by atomic mass is 9.87. The van der Waals surface area contributed by atoms with Gasteiger partial charge in [0.2, 0.25) is 0 Å². The van der Waals surface area contributed by atoms with Crippen LogP contribution in [0, 0.1) is 0 Å². The molecule has 1 aliphatic heterocycles. The van der Waals surface area contributed by atoms with Gasteiger partial charge in [0.05, 0.1) is 0 Å². The second kappa shape index (κ2) is 9.16. The average Bonchev–Trinajstić information content (AvgIpc) is 3.14. The van der Waals surface area contributed by atoms with E-state index in [1.54, 1.807) is 0 Å². The first-order valence-corrected chi connectivity index (χ1v) is 11.7. The van der Waals surface area contributed by atoms with Crippen LogP contribution in [0.5, 0.6) is 0 Å². The summed E-state index contributed by atoms with van der Waals surface area (Å²) in [6, 6.07) is 6.01. The second-order valence-electron chi connectivity index (χ2n) is 7.90. The molecule has 1 aliphatic carbocycles. The summed E-state index contributed by atoms with van der Waals surface area (Å²) in [5.41, 5.74) is 0.915. The molecule has 0 amide bonds. The Morgan fingerprint density at radius 3 is 3.00 bits per heavy atom. The first-order valence-electron chi connectivity index (χ1n) is 10.8. The number of nitrogens with zero attached hydrogens (tertiary/aromatic N) is 5. The number of aryl methyl sites for hydroxylation is 1. The third kappa shape index (κ3) is 4.45. The van der Waals surface area contributed by atoms with Crippen molar-refractivity contribution in [3.8, 4) is 0 Å². The summed E-state index contributed by atoms with van der Waals surface area (Å²) in [7, 11) is 0. The van der Waals surface area contributed by atoms with Gasteiger partial charge in [0, 0.05) is 49.3 Å². The van der Waals surface area contributed by atoms with Crippen LogP contribution in [0.1, 0.15) is 51.3 Å². The van der Waals surface area contributed by atoms with Crippen molar-refractivity contribution in [2.45, 2.75) is 56.6 Å². The van der Waals surface area contributed by atoms with Gasteiger partial charge in [-0.1, -0.05) is 25.3 Å². The highest BCUT2D eigenvalue weighted by atomic mass is 32.2. The van der Waals surface area contributed by atoms with Crippen LogP contribution in [0.15, 0.2) is 29.4 Å². The van der Waals surface area contributed by atoms with E-state index < -0.39 is 0 Å². The molecule has 152 valence electrons. The molecule has 1 saturated carbocycles. The lowest BCUT2D eigenvalue weighted by Crippen LogP contribution is -2.53. The van der Waals surface area contributed by atoms with E-state index in [0.29, 0.717) is 4.75 Å². The van der Waals surface area contributed by atoms with Crippen LogP contribution in [0.3, 0.4) is 0 Å². The smallest absolute Gasteiger partial charge is 0.193 e. The zero-order valence-corrected chi connectivity index (χ0v) is 17.8. The molecule has 0 bridgehead atoms. The summed E-state index contributed by atoms with van der Waals surface area (Å²) >= 11 is 2.21. The highest BCUT2D eigenvalue weighted by Gasteiger charge is 2.38. The fourth-order valence-electron chi connectivity index (χ4n) is 4.43. The van der Waals surface area contributed by atoms with E-state index in [0.717, 1.165) is 56.5 Å². The fourth-order valence-corrected chi connectivity index (χ4v) is 6.00. The van der Waals surface area contributed by atoms with Crippen molar-refractivity contribution in [1.29, 1.82) is 0 Å². The molecule has 28 heavy (non-hydrogen) atoms. The Morgan fingerprint density at radius 1 is 1.25 bits per heavy atom. The van der Waals surface area contributed by atoms with E-state index in [2.05, 4.69) is 43.5 Å². The number of nitrogens with one attached hydrogen (secondary N) is 1. The first kappa shape index (κ1) is 19.6. The van der Waals surface area contributed by atoms with Gasteiger partial charge in [0.25, 0.3) is 0 Å². The molecule has 1 N–H and O–H groups in total. The largest absolute Gasteiger partial charge is 0.357 e. The molecule has 2 aromatic heterocycles. The molecule has 0 aromatic carbocycles. The van der Waals surface area contributed by atoms with Gasteiger partial charge < -0.3 is 10.2 Å². The second-order valence-corrected chi connectivity index (χ2v) is 9.46. The normalized spacial score (nSPS) is 20.0. The highest BCUT2D eigenvalue weighted by Crippen LogP contribution is 2.42. The van der Waals surface area contributed by atoms with Crippen molar-refractivity contribution in [2.24, 2.45) is 4.99 Å². The van der Waals surface area contributed by atoms with Crippen LogP contribution in [0.25, 0.3) is 5.65 Å². The Labute approximate surface area is 172 Å². The summed E-state index contributed by atoms with van der Waals surface area (Å²) in [4.78, 5) is 7.47. The lowest BCUT2D eigenvalue weighted by molar-refractivity contribution is 0.293. The van der Waals surface area contributed by atoms with Crippen LogP contribution < -0.4 is 5.32 Å². The molecule has 2 fully saturated rings. The van der Waals surface area contributed by atoms with Crippen molar-refractivity contribution in [1.82, 2.24) is 24.8 Å². The maximum Gasteiger partial charge on any atom is 0.193 e. The van der Waals surface area contributed by atoms with Crippen LogP contribution in [0.4, 0.5) is 0 Å². The topological polar surface area (TPSA) is 57.8 Å². The van der Waals surface area contributed by atoms with Gasteiger partial charge in [0.1, 0.15) is 5.82 Å². The number of hydrogen-bond donors (Lipinski definition) is 1. The summed E-state index contributed by atoms with van der Waals surface area (Å²) in [5.74, 6) is 3.33. The van der Waals surface area contributed by atoms with Crippen LogP contribution >= 0.6 is 11.8 Å². The van der Waals surface area contributed by atoms with Crippen LogP contribution in [-0.4, -0.2) is 62.1 Å². The van der Waals surface area contributed by atoms with Crippen molar-refractivity contribution in [3.63, 3.8) is 0 Å². The third-order valence-corrected chi connectivity index (χ3v) is 7.39. The molecular weight excluding hydrogens is 368 g/mol. The zero-order valence-electron chi connectivity index (χ0n) is 16.9. The number of hydrogen-bond acceptors (Lipinski definition) is 4. The van der Waals surface area contributed by atoms with E-state index in [9.17, 15) is 0 Å². The van der Waals surface area contributed by atoms with Gasteiger partial charge in [-0.25, -0.2) is 0 Å². The van der Waals surface area contributed by atoms with Crippen molar-refractivity contribution < 1.29 is 0 Å². The third-order valence-electron chi connectivity index (χ3n) is 5.85. The average molecular weight is 401 g/mol. The van der Waals surface area contributed by atoms with Crippen LogP contribution in [0.2, 0.25) is 0 Å². The summed E-state index contributed by atoms with van der Waals surface area (Å²) < 4.78 is 2.54. The predicted molar refractivity (Wildman–Crippen MR) is 117 cm³/mol. The number of rotatable bonds is 5. The van der Waals surface area contributed by atoms with E-state index in [-0.39, 0.29) is 0 Å². The minimum Gasteiger partial charge on any atom is -0.357 e. The van der Waals surface area contributed by atoms with Crippen molar-refractivity contribution in [3.05, 3.63) is 30.2 Å². The molecule has 1 saturated heterocycles. The number of fused-ring (bicyclic) bond motifs is 1. The summed E-state index contributed by atoms with van der Waals surface area (Å²) in [6.07, 6.45) is 10.8. The maximum absolute atomic E-state index is 4.96. The summed E-state index contributed by atoms with van der Waals surface area (Å²) in [5, 5.41) is 12.1. The maximum atomic E-state index is 4.96. The standard InChI is InChI=1S/C21H32N6S/c1-2-22-20(26-15-16-28-21(17-26)11-5-3-6-12-21)23-13-8-10-19-25-24-18-9-4-7-14-27(18)19/h4,7,9,14H,2-3,5-6,8,10-13,15-17H2,1H3,(H,22,23). The van der Waals surface area contributed by atoms with E-state index in [1.165, 1.54) is 37.9 Å². The van der Waals surface area contributed by atoms with Gasteiger partial charge in [0.15, 0.2) is 11.6 Å². The number of aliphatic imine (C=N–C) groups is 1. The van der Waals surface area contributed by atoms with Gasteiger partial charge in [-0.2, -0.15) is 11.8 Å². The minimum atomic E-state index is 0.465. The molecule has 3 heterocycles. The predicted octanol–water partition coefficient (Wildman–Crippen LogP) is 3.38. The molecule has 0 radical (unpaired) electrons. The minimum absolute atomic E-state index is 0.465. The first-order chi connectivity index (χ1) is 13.8. The molecule has 0 atom stereocenters. The SMILES string of the molecule is CCNC(=NCCCc1nnc2ccccn12)N1CCSC2(CCCCC2)C1. The zero-order chi connectivity index (χ0) is 19.2. The monoisotopic (exact) mass is 400 g/mol. The molecule has 0 unspecified atom stereocenters. The number of aromatic nitrogens is 3. The van der Waals surface area contributed by atoms with E-state index in [1.807, 2.05) is 24.4 Å². The number of guanidine groups is 1. The number of thioether (sulfide) groups is 1. The van der Waals surface area contributed by atoms with Gasteiger partial charge in [-0.3, -0.25) is 9.39 Å². The molecule has 1 spiro atoms. The highest BCUT2D eigenvalue weighted by molar-refractivity contribution is 8.00. The Bertz CT molecular complexity index is 790. The number of pyridine rings is 1. The van der Waals surface area contributed by atoms with E-state index >= 15 is 0 Å². The fraction of sp³-hybridized carbons (Fsp3) is 0.667. The molecule has 7 heteroatoms. The Hall–Kier alpha value is -1.76. The molecule has 2 aromatic rings. The molecule has 4 rings (SSSR count). The molecular formula is C21H32N6S. The Balaban J connectivity index is 1.36. The van der Waals surface area contributed by atoms with E-state index in [4.69, 9.17) is 4.99 Å². The Morgan fingerprint density at radius 2 is 2.14 bits per heavy atom. The summed E-state index contributed by atoms with van der Waals surface area (Å²) in [6.45, 7) is 6.16. The van der Waals surface area contributed by atoms with Crippen molar-refractivity contribution in [2.75, 3.05) is 31.9 Å². The van der Waals surface area contributed by atoms with Crippen LogP contribution in [-0.2, 0) is 6.42 Å². The lowest BCUT2D eigenvalue weighted by Gasteiger charge is -2.45. The Kier molecular flexibility index (Phi) is 6.40. The van der Waals surface area contributed by atoms with Gasteiger partial charge in [-0.05, 0) is 38.3 Å². The van der Waals surface area contributed by atoms with Crippen molar-refractivity contribution >= 4 is 23.4 Å². The van der Waals surface area contributed by atoms with Gasteiger partial charge >= 0.3 is 0 Å².